The molecule has 4 rings (SSSR count). The first-order valence-electron chi connectivity index (χ1n) is 11.2. The first-order valence-corrected chi connectivity index (χ1v) is 11.2. The molecule has 0 aromatic heterocycles. The molecule has 0 heterocycles. The van der Waals surface area contributed by atoms with Crippen molar-refractivity contribution in [3.63, 3.8) is 0 Å². The van der Waals surface area contributed by atoms with Crippen molar-refractivity contribution in [3.8, 4) is 23.7 Å². The summed E-state index contributed by atoms with van der Waals surface area (Å²) in [5.74, 6) is 12.1. The largest absolute Gasteiger partial charge is 0.205 e. The topological polar surface area (TPSA) is 0 Å². The highest BCUT2D eigenvalue weighted by Crippen LogP contribution is 2.22. The number of aryl methyl sites for hydroxylation is 2. The average Bonchev–Trinajstić information content (AvgIpc) is 2.86. The summed E-state index contributed by atoms with van der Waals surface area (Å²) in [5.41, 5.74) is 5.63. The van der Waals surface area contributed by atoms with Crippen molar-refractivity contribution in [2.24, 2.45) is 0 Å². The maximum Gasteiger partial charge on any atom is 0.146 e. The van der Waals surface area contributed by atoms with Gasteiger partial charge in [-0.15, -0.1) is 6.58 Å². The molecule has 0 spiro atoms. The van der Waals surface area contributed by atoms with E-state index < -0.39 is 0 Å². The molecular weight excluding hydrogens is 403 g/mol. The standard InChI is InChI=1S/C32H25F/c1-3-5-6-25-11-13-26(14-12-25)15-16-28-18-22-31-30(23-28)21-20-29(32(31)33)19-17-27-9-7-24(4-2)8-10-27/h3,7-14,18,20-23H,1,4-6H2,2H3. The van der Waals surface area contributed by atoms with E-state index in [0.29, 0.717) is 10.9 Å². The summed E-state index contributed by atoms with van der Waals surface area (Å²) in [6.45, 7) is 5.88. The Labute approximate surface area is 195 Å². The second kappa shape index (κ2) is 10.5. The van der Waals surface area contributed by atoms with E-state index in [4.69, 9.17) is 0 Å². The van der Waals surface area contributed by atoms with Crippen LogP contribution in [0.5, 0.6) is 0 Å². The van der Waals surface area contributed by atoms with E-state index >= 15 is 4.39 Å². The second-order valence-electron chi connectivity index (χ2n) is 7.94. The zero-order valence-corrected chi connectivity index (χ0v) is 18.8. The second-order valence-corrected chi connectivity index (χ2v) is 7.94. The first kappa shape index (κ1) is 22.1. The van der Waals surface area contributed by atoms with Crippen LogP contribution in [0.3, 0.4) is 0 Å². The van der Waals surface area contributed by atoms with E-state index in [1.807, 2.05) is 48.5 Å². The van der Waals surface area contributed by atoms with Gasteiger partial charge in [0.1, 0.15) is 5.82 Å². The summed E-state index contributed by atoms with van der Waals surface area (Å²) < 4.78 is 15.1. The number of fused-ring (bicyclic) bond motifs is 1. The van der Waals surface area contributed by atoms with Crippen molar-refractivity contribution in [3.05, 3.63) is 131 Å². The molecule has 0 N–H and O–H groups in total. The molecule has 0 radical (unpaired) electrons. The molecular formula is C32H25F. The molecule has 0 saturated heterocycles. The predicted molar refractivity (Wildman–Crippen MR) is 137 cm³/mol. The molecule has 4 aromatic carbocycles. The lowest BCUT2D eigenvalue weighted by Gasteiger charge is -2.03. The summed E-state index contributed by atoms with van der Waals surface area (Å²) >= 11 is 0. The third-order valence-electron chi connectivity index (χ3n) is 5.60. The van der Waals surface area contributed by atoms with Crippen LogP contribution >= 0.6 is 0 Å². The van der Waals surface area contributed by atoms with Gasteiger partial charge < -0.3 is 0 Å². The van der Waals surface area contributed by atoms with Gasteiger partial charge in [-0.1, -0.05) is 73.1 Å². The van der Waals surface area contributed by atoms with Crippen LogP contribution in [0.25, 0.3) is 10.8 Å². The van der Waals surface area contributed by atoms with Crippen molar-refractivity contribution in [2.45, 2.75) is 26.2 Å². The Balaban J connectivity index is 1.54. The monoisotopic (exact) mass is 428 g/mol. The molecule has 0 bridgehead atoms. The van der Waals surface area contributed by atoms with Crippen molar-refractivity contribution < 1.29 is 4.39 Å². The van der Waals surface area contributed by atoms with Gasteiger partial charge >= 0.3 is 0 Å². The van der Waals surface area contributed by atoms with E-state index in [0.717, 1.165) is 41.3 Å². The normalized spacial score (nSPS) is 10.1. The Morgan fingerprint density at radius 3 is 2.00 bits per heavy atom. The van der Waals surface area contributed by atoms with Gasteiger partial charge in [0.05, 0.1) is 5.56 Å². The molecule has 160 valence electrons. The molecule has 33 heavy (non-hydrogen) atoms. The van der Waals surface area contributed by atoms with Gasteiger partial charge in [0.15, 0.2) is 0 Å². The van der Waals surface area contributed by atoms with Crippen LogP contribution in [0.4, 0.5) is 4.39 Å². The lowest BCUT2D eigenvalue weighted by molar-refractivity contribution is 0.636. The van der Waals surface area contributed by atoms with Crippen LogP contribution in [0.15, 0.2) is 91.5 Å². The summed E-state index contributed by atoms with van der Waals surface area (Å²) in [4.78, 5) is 0. The smallest absolute Gasteiger partial charge is 0.146 e. The molecule has 0 nitrogen and oxygen atoms in total. The molecule has 0 aliphatic rings. The average molecular weight is 429 g/mol. The van der Waals surface area contributed by atoms with Gasteiger partial charge in [0, 0.05) is 22.1 Å². The van der Waals surface area contributed by atoms with Gasteiger partial charge in [0.25, 0.3) is 0 Å². The Morgan fingerprint density at radius 1 is 0.727 bits per heavy atom. The molecule has 0 aliphatic heterocycles. The minimum absolute atomic E-state index is 0.292. The number of hydrogen-bond donors (Lipinski definition) is 0. The highest BCUT2D eigenvalue weighted by atomic mass is 19.1. The minimum atomic E-state index is -0.292. The van der Waals surface area contributed by atoms with E-state index in [2.05, 4.69) is 61.4 Å². The molecule has 0 fully saturated rings. The molecule has 1 heteroatoms. The molecule has 0 amide bonds. The van der Waals surface area contributed by atoms with Gasteiger partial charge in [-0.3, -0.25) is 0 Å². The third kappa shape index (κ3) is 5.60. The highest BCUT2D eigenvalue weighted by Gasteiger charge is 2.06. The van der Waals surface area contributed by atoms with Gasteiger partial charge in [-0.2, -0.15) is 0 Å². The third-order valence-corrected chi connectivity index (χ3v) is 5.60. The van der Waals surface area contributed by atoms with E-state index in [9.17, 15) is 0 Å². The fourth-order valence-electron chi connectivity index (χ4n) is 3.60. The van der Waals surface area contributed by atoms with Gasteiger partial charge in [-0.25, -0.2) is 4.39 Å². The quantitative estimate of drug-likeness (QED) is 0.234. The number of benzene rings is 4. The molecule has 0 aliphatic carbocycles. The lowest BCUT2D eigenvalue weighted by atomic mass is 10.0. The molecule has 0 unspecified atom stereocenters. The summed E-state index contributed by atoms with van der Waals surface area (Å²) in [6, 6.07) is 25.5. The van der Waals surface area contributed by atoms with E-state index in [-0.39, 0.29) is 5.82 Å². The minimum Gasteiger partial charge on any atom is -0.205 e. The van der Waals surface area contributed by atoms with Crippen LogP contribution in [0.1, 0.15) is 46.7 Å². The molecule has 0 saturated carbocycles. The van der Waals surface area contributed by atoms with Gasteiger partial charge in [0.2, 0.25) is 0 Å². The number of allylic oxidation sites excluding steroid dienone is 1. The SMILES string of the molecule is C=CCCc1ccc(C#Cc2ccc3c(F)c(C#Cc4ccc(CC)cc4)ccc3c2)cc1. The van der Waals surface area contributed by atoms with E-state index in [1.54, 1.807) is 12.1 Å². The van der Waals surface area contributed by atoms with Crippen molar-refractivity contribution in [1.29, 1.82) is 0 Å². The Bertz CT molecular complexity index is 1400. The fraction of sp³-hybridized carbons (Fsp3) is 0.125. The van der Waals surface area contributed by atoms with Crippen LogP contribution < -0.4 is 0 Å². The van der Waals surface area contributed by atoms with Crippen molar-refractivity contribution in [1.82, 2.24) is 0 Å². The summed E-state index contributed by atoms with van der Waals surface area (Å²) in [5, 5.41) is 1.37. The maximum atomic E-state index is 15.1. The van der Waals surface area contributed by atoms with Crippen molar-refractivity contribution in [2.75, 3.05) is 0 Å². The molecule has 0 atom stereocenters. The van der Waals surface area contributed by atoms with Crippen molar-refractivity contribution >= 4 is 10.8 Å². The summed E-state index contributed by atoms with van der Waals surface area (Å²) in [7, 11) is 0. The number of halogens is 1. The van der Waals surface area contributed by atoms with Gasteiger partial charge in [-0.05, 0) is 78.2 Å². The zero-order valence-electron chi connectivity index (χ0n) is 18.8. The summed E-state index contributed by atoms with van der Waals surface area (Å²) in [6.07, 6.45) is 4.88. The zero-order chi connectivity index (χ0) is 23.0. The lowest BCUT2D eigenvalue weighted by Crippen LogP contribution is -1.88. The Hall–Kier alpha value is -4.07. The van der Waals surface area contributed by atoms with Crippen LogP contribution in [0.2, 0.25) is 0 Å². The van der Waals surface area contributed by atoms with Crippen LogP contribution in [-0.4, -0.2) is 0 Å². The molecule has 4 aromatic rings. The highest BCUT2D eigenvalue weighted by molar-refractivity contribution is 5.86. The fourth-order valence-corrected chi connectivity index (χ4v) is 3.60. The number of rotatable bonds is 4. The van der Waals surface area contributed by atoms with Crippen LogP contribution in [-0.2, 0) is 12.8 Å². The first-order chi connectivity index (χ1) is 16.2. The maximum absolute atomic E-state index is 15.1. The van der Waals surface area contributed by atoms with Crippen LogP contribution in [0, 0.1) is 29.5 Å². The Kier molecular flexibility index (Phi) is 7.04. The van der Waals surface area contributed by atoms with E-state index in [1.165, 1.54) is 11.1 Å². The predicted octanol–water partition coefficient (Wildman–Crippen LogP) is 7.46. The number of hydrogen-bond acceptors (Lipinski definition) is 0. The Morgan fingerprint density at radius 2 is 1.33 bits per heavy atom.